The van der Waals surface area contributed by atoms with Gasteiger partial charge < -0.3 is 5.11 Å². The first kappa shape index (κ1) is 10.6. The Morgan fingerprint density at radius 1 is 1.60 bits per heavy atom. The maximum atomic E-state index is 9.97. The van der Waals surface area contributed by atoms with Gasteiger partial charge in [0.25, 0.3) is 0 Å². The van der Waals surface area contributed by atoms with Crippen LogP contribution in [-0.2, 0) is 0 Å². The molecule has 2 heteroatoms. The van der Waals surface area contributed by atoms with Gasteiger partial charge in [-0.1, -0.05) is 29.9 Å². The lowest BCUT2D eigenvalue weighted by atomic mass is 10.0. The SMILES string of the molecule is C=C/C(C)=C/[C@@]1(C)SC(=C2CC2)C=C1O. The van der Waals surface area contributed by atoms with E-state index in [2.05, 4.69) is 12.7 Å². The number of hydrogen-bond acceptors (Lipinski definition) is 2. The Bertz CT molecular complexity index is 395. The molecule has 0 unspecified atom stereocenters. The first-order valence-electron chi connectivity index (χ1n) is 5.19. The number of allylic oxidation sites excluding steroid dienone is 4. The Labute approximate surface area is 95.3 Å². The summed E-state index contributed by atoms with van der Waals surface area (Å²) in [6.07, 6.45) is 8.21. The smallest absolute Gasteiger partial charge is 0.113 e. The summed E-state index contributed by atoms with van der Waals surface area (Å²) < 4.78 is -0.288. The standard InChI is InChI=1S/C13H16OS/c1-4-9(2)8-13(3)12(14)7-11(15-13)10-5-6-10/h4,7-8,14H,1,5-6H2,2-3H3/b9-8+/t13-/m1/s1. The monoisotopic (exact) mass is 220 g/mol. The van der Waals surface area contributed by atoms with Crippen LogP contribution in [0.4, 0.5) is 0 Å². The van der Waals surface area contributed by atoms with Crippen molar-refractivity contribution in [2.45, 2.75) is 31.4 Å². The highest BCUT2D eigenvalue weighted by molar-refractivity contribution is 8.05. The summed E-state index contributed by atoms with van der Waals surface area (Å²) in [5.74, 6) is 0.461. The lowest BCUT2D eigenvalue weighted by Gasteiger charge is -2.19. The Hall–Kier alpha value is -0.890. The van der Waals surface area contributed by atoms with Crippen LogP contribution in [0.25, 0.3) is 0 Å². The van der Waals surface area contributed by atoms with Crippen LogP contribution >= 0.6 is 11.8 Å². The van der Waals surface area contributed by atoms with E-state index in [1.54, 1.807) is 11.8 Å². The van der Waals surface area contributed by atoms with Gasteiger partial charge in [-0.15, -0.1) is 11.8 Å². The van der Waals surface area contributed by atoms with Crippen LogP contribution in [0.15, 0.2) is 46.6 Å². The van der Waals surface area contributed by atoms with Gasteiger partial charge in [-0.3, -0.25) is 0 Å². The average Bonchev–Trinajstić information content (AvgIpc) is 2.96. The molecule has 1 saturated carbocycles. The molecule has 0 spiro atoms. The van der Waals surface area contributed by atoms with Crippen molar-refractivity contribution < 1.29 is 5.11 Å². The van der Waals surface area contributed by atoms with Crippen LogP contribution in [0.3, 0.4) is 0 Å². The summed E-state index contributed by atoms with van der Waals surface area (Å²) in [6, 6.07) is 0. The van der Waals surface area contributed by atoms with Crippen LogP contribution in [0.1, 0.15) is 26.7 Å². The van der Waals surface area contributed by atoms with E-state index in [4.69, 9.17) is 0 Å². The van der Waals surface area contributed by atoms with Crippen molar-refractivity contribution >= 4 is 11.8 Å². The second kappa shape index (κ2) is 3.60. The topological polar surface area (TPSA) is 20.2 Å². The van der Waals surface area contributed by atoms with E-state index in [1.165, 1.54) is 23.3 Å². The summed E-state index contributed by atoms with van der Waals surface area (Å²) in [5.41, 5.74) is 2.59. The Balaban J connectivity index is 2.29. The highest BCUT2D eigenvalue weighted by Gasteiger charge is 2.36. The van der Waals surface area contributed by atoms with E-state index < -0.39 is 0 Å². The molecule has 0 bridgehead atoms. The van der Waals surface area contributed by atoms with Gasteiger partial charge in [0.2, 0.25) is 0 Å². The normalized spacial score (nSPS) is 30.5. The number of aliphatic hydroxyl groups excluding tert-OH is 1. The van der Waals surface area contributed by atoms with Gasteiger partial charge in [0.1, 0.15) is 5.76 Å². The molecule has 1 aliphatic carbocycles. The fourth-order valence-electron chi connectivity index (χ4n) is 1.66. The van der Waals surface area contributed by atoms with Crippen LogP contribution in [0.2, 0.25) is 0 Å². The largest absolute Gasteiger partial charge is 0.510 e. The molecule has 0 saturated heterocycles. The Morgan fingerprint density at radius 2 is 2.27 bits per heavy atom. The third kappa shape index (κ3) is 2.05. The van der Waals surface area contributed by atoms with E-state index in [-0.39, 0.29) is 4.75 Å². The fraction of sp³-hybridized carbons (Fsp3) is 0.385. The number of hydrogen-bond donors (Lipinski definition) is 1. The van der Waals surface area contributed by atoms with E-state index in [0.29, 0.717) is 5.76 Å². The molecule has 1 heterocycles. The van der Waals surface area contributed by atoms with Gasteiger partial charge in [-0.2, -0.15) is 0 Å². The van der Waals surface area contributed by atoms with Crippen molar-refractivity contribution in [1.29, 1.82) is 0 Å². The minimum absolute atomic E-state index is 0.288. The molecule has 0 amide bonds. The molecule has 1 aliphatic heterocycles. The molecular formula is C13H16OS. The zero-order chi connectivity index (χ0) is 11.1. The van der Waals surface area contributed by atoms with E-state index >= 15 is 0 Å². The molecule has 2 rings (SSSR count). The highest BCUT2D eigenvalue weighted by Crippen LogP contribution is 2.51. The molecule has 15 heavy (non-hydrogen) atoms. The molecule has 1 atom stereocenters. The summed E-state index contributed by atoms with van der Waals surface area (Å²) >= 11 is 1.75. The summed E-state index contributed by atoms with van der Waals surface area (Å²) in [4.78, 5) is 1.27. The van der Waals surface area contributed by atoms with E-state index in [9.17, 15) is 5.11 Å². The third-order valence-corrected chi connectivity index (χ3v) is 4.15. The molecule has 1 N–H and O–H groups in total. The minimum atomic E-state index is -0.288. The predicted octanol–water partition coefficient (Wildman–Crippen LogP) is 4.11. The van der Waals surface area contributed by atoms with Gasteiger partial charge in [0, 0.05) is 4.91 Å². The Kier molecular flexibility index (Phi) is 2.55. The maximum Gasteiger partial charge on any atom is 0.113 e. The quantitative estimate of drug-likeness (QED) is 0.707. The van der Waals surface area contributed by atoms with Gasteiger partial charge in [-0.05, 0) is 32.8 Å². The third-order valence-electron chi connectivity index (χ3n) is 2.77. The average molecular weight is 220 g/mol. The fourth-order valence-corrected chi connectivity index (χ4v) is 3.04. The number of aliphatic hydroxyl groups is 1. The minimum Gasteiger partial charge on any atom is -0.510 e. The summed E-state index contributed by atoms with van der Waals surface area (Å²) in [6.45, 7) is 7.79. The molecule has 0 aromatic rings. The van der Waals surface area contributed by atoms with Crippen molar-refractivity contribution in [3.63, 3.8) is 0 Å². The zero-order valence-corrected chi connectivity index (χ0v) is 10.0. The van der Waals surface area contributed by atoms with Crippen LogP contribution in [0, 0.1) is 0 Å². The van der Waals surface area contributed by atoms with Crippen molar-refractivity contribution in [2.75, 3.05) is 0 Å². The van der Waals surface area contributed by atoms with E-state index in [1.807, 2.05) is 26.0 Å². The molecule has 0 aromatic heterocycles. The first-order chi connectivity index (χ1) is 7.05. The van der Waals surface area contributed by atoms with Crippen LogP contribution in [-0.4, -0.2) is 9.85 Å². The molecule has 1 fully saturated rings. The predicted molar refractivity (Wildman–Crippen MR) is 66.9 cm³/mol. The molecule has 80 valence electrons. The van der Waals surface area contributed by atoms with Crippen molar-refractivity contribution in [3.8, 4) is 0 Å². The van der Waals surface area contributed by atoms with E-state index in [0.717, 1.165) is 5.57 Å². The van der Waals surface area contributed by atoms with Crippen LogP contribution in [0.5, 0.6) is 0 Å². The molecular weight excluding hydrogens is 204 g/mol. The molecule has 0 radical (unpaired) electrons. The first-order valence-corrected chi connectivity index (χ1v) is 6.01. The van der Waals surface area contributed by atoms with Gasteiger partial charge in [0.15, 0.2) is 0 Å². The van der Waals surface area contributed by atoms with Gasteiger partial charge >= 0.3 is 0 Å². The lowest BCUT2D eigenvalue weighted by molar-refractivity contribution is 0.380. The number of rotatable bonds is 2. The zero-order valence-electron chi connectivity index (χ0n) is 9.21. The highest BCUT2D eigenvalue weighted by atomic mass is 32.2. The lowest BCUT2D eigenvalue weighted by Crippen LogP contribution is -2.16. The molecule has 1 nitrogen and oxygen atoms in total. The van der Waals surface area contributed by atoms with Crippen molar-refractivity contribution in [1.82, 2.24) is 0 Å². The second-order valence-electron chi connectivity index (χ2n) is 4.30. The summed E-state index contributed by atoms with van der Waals surface area (Å²) in [5, 5.41) is 9.97. The molecule has 0 aromatic carbocycles. The number of thioether (sulfide) groups is 1. The summed E-state index contributed by atoms with van der Waals surface area (Å²) in [7, 11) is 0. The van der Waals surface area contributed by atoms with Crippen molar-refractivity contribution in [2.24, 2.45) is 0 Å². The Morgan fingerprint density at radius 3 is 2.80 bits per heavy atom. The maximum absolute atomic E-state index is 9.97. The van der Waals surface area contributed by atoms with Gasteiger partial charge in [-0.25, -0.2) is 0 Å². The van der Waals surface area contributed by atoms with Gasteiger partial charge in [0.05, 0.1) is 4.75 Å². The second-order valence-corrected chi connectivity index (χ2v) is 5.79. The van der Waals surface area contributed by atoms with Crippen molar-refractivity contribution in [3.05, 3.63) is 46.6 Å². The molecule has 2 aliphatic rings. The van der Waals surface area contributed by atoms with Crippen LogP contribution < -0.4 is 0 Å².